The number of rotatable bonds is 3. The first-order valence-corrected chi connectivity index (χ1v) is 5.27. The Kier molecular flexibility index (Phi) is 2.73. The molecule has 0 atom stereocenters. The van der Waals surface area contributed by atoms with E-state index in [4.69, 9.17) is 10.5 Å². The van der Waals surface area contributed by atoms with Gasteiger partial charge in [-0.2, -0.15) is 0 Å². The molecule has 2 N–H and O–H groups in total. The lowest BCUT2D eigenvalue weighted by atomic mass is 9.97. The molecule has 1 aliphatic heterocycles. The maximum atomic E-state index is 5.51. The maximum Gasteiger partial charge on any atom is 0.122 e. The van der Waals surface area contributed by atoms with Crippen molar-refractivity contribution in [2.24, 2.45) is 5.73 Å². The Morgan fingerprint density at radius 3 is 3.07 bits per heavy atom. The number of benzene rings is 1. The molecule has 0 bridgehead atoms. The van der Waals surface area contributed by atoms with E-state index in [0.717, 1.165) is 38.2 Å². The fourth-order valence-corrected chi connectivity index (χ4v) is 2.05. The molecule has 14 heavy (non-hydrogen) atoms. The second kappa shape index (κ2) is 4.01. The molecular formula is C12H17NO. The van der Waals surface area contributed by atoms with Gasteiger partial charge in [0.15, 0.2) is 0 Å². The first-order valence-electron chi connectivity index (χ1n) is 5.27. The van der Waals surface area contributed by atoms with E-state index in [2.05, 4.69) is 19.1 Å². The summed E-state index contributed by atoms with van der Waals surface area (Å²) < 4.78 is 5.51. The van der Waals surface area contributed by atoms with Crippen LogP contribution >= 0.6 is 0 Å². The molecule has 1 aromatic rings. The number of hydrogen-bond donors (Lipinski definition) is 1. The van der Waals surface area contributed by atoms with E-state index in [1.807, 2.05) is 0 Å². The summed E-state index contributed by atoms with van der Waals surface area (Å²) in [5, 5.41) is 0. The summed E-state index contributed by atoms with van der Waals surface area (Å²) in [6, 6.07) is 4.27. The summed E-state index contributed by atoms with van der Waals surface area (Å²) in [6.07, 6.45) is 3.23. The minimum absolute atomic E-state index is 0.771. The third-order valence-corrected chi connectivity index (χ3v) is 2.93. The Morgan fingerprint density at radius 2 is 2.29 bits per heavy atom. The first-order chi connectivity index (χ1) is 6.83. The van der Waals surface area contributed by atoms with Crippen molar-refractivity contribution in [3.05, 3.63) is 28.8 Å². The van der Waals surface area contributed by atoms with Crippen molar-refractivity contribution in [1.82, 2.24) is 0 Å². The van der Waals surface area contributed by atoms with Crippen LogP contribution in [0.3, 0.4) is 0 Å². The molecular weight excluding hydrogens is 174 g/mol. The Bertz CT molecular complexity index is 333. The Labute approximate surface area is 85.1 Å². The van der Waals surface area contributed by atoms with Gasteiger partial charge in [0, 0.05) is 12.0 Å². The summed E-state index contributed by atoms with van der Waals surface area (Å²) >= 11 is 0. The van der Waals surface area contributed by atoms with Gasteiger partial charge in [-0.15, -0.1) is 0 Å². The second-order valence-electron chi connectivity index (χ2n) is 3.82. The highest BCUT2D eigenvalue weighted by Crippen LogP contribution is 2.30. The largest absolute Gasteiger partial charge is 0.493 e. The first kappa shape index (κ1) is 9.53. The third kappa shape index (κ3) is 1.62. The van der Waals surface area contributed by atoms with Crippen molar-refractivity contribution < 1.29 is 4.74 Å². The predicted octanol–water partition coefficient (Wildman–Crippen LogP) is 1.82. The lowest BCUT2D eigenvalue weighted by Gasteiger charge is -2.09. The van der Waals surface area contributed by atoms with Crippen molar-refractivity contribution in [3.8, 4) is 5.75 Å². The molecule has 0 saturated carbocycles. The predicted molar refractivity (Wildman–Crippen MR) is 57.8 cm³/mol. The van der Waals surface area contributed by atoms with Gasteiger partial charge in [-0.25, -0.2) is 0 Å². The smallest absolute Gasteiger partial charge is 0.122 e. The average molecular weight is 191 g/mol. The van der Waals surface area contributed by atoms with Crippen molar-refractivity contribution in [2.75, 3.05) is 13.2 Å². The van der Waals surface area contributed by atoms with Crippen LogP contribution in [0.1, 0.15) is 23.1 Å². The van der Waals surface area contributed by atoms with Gasteiger partial charge in [-0.1, -0.05) is 6.07 Å². The summed E-state index contributed by atoms with van der Waals surface area (Å²) in [6.45, 7) is 3.81. The molecule has 0 spiro atoms. The van der Waals surface area contributed by atoms with Crippen molar-refractivity contribution in [3.63, 3.8) is 0 Å². The van der Waals surface area contributed by atoms with E-state index in [1.165, 1.54) is 16.7 Å². The standard InChI is InChI=1S/C12H17NO/c1-9-10(3-2-7-13)4-5-12-11(9)6-8-14-12/h4-5H,2-3,6-8,13H2,1H3. The maximum absolute atomic E-state index is 5.51. The van der Waals surface area contributed by atoms with Crippen molar-refractivity contribution in [1.29, 1.82) is 0 Å². The normalized spacial score (nSPS) is 13.9. The van der Waals surface area contributed by atoms with Gasteiger partial charge in [0.1, 0.15) is 5.75 Å². The van der Waals surface area contributed by atoms with Crippen LogP contribution in [0.5, 0.6) is 5.75 Å². The number of hydrogen-bond acceptors (Lipinski definition) is 2. The molecule has 1 aliphatic rings. The minimum atomic E-state index is 0.771. The van der Waals surface area contributed by atoms with E-state index < -0.39 is 0 Å². The highest BCUT2D eigenvalue weighted by Gasteiger charge is 2.15. The SMILES string of the molecule is Cc1c(CCCN)ccc2c1CCO2. The summed E-state index contributed by atoms with van der Waals surface area (Å²) in [4.78, 5) is 0. The van der Waals surface area contributed by atoms with E-state index in [1.54, 1.807) is 0 Å². The average Bonchev–Trinajstić information content (AvgIpc) is 2.66. The molecule has 0 amide bonds. The molecule has 2 nitrogen and oxygen atoms in total. The molecule has 2 heteroatoms. The Morgan fingerprint density at radius 1 is 1.43 bits per heavy atom. The minimum Gasteiger partial charge on any atom is -0.493 e. The molecule has 0 saturated heterocycles. The molecule has 0 aromatic heterocycles. The monoisotopic (exact) mass is 191 g/mol. The highest BCUT2D eigenvalue weighted by molar-refractivity contribution is 5.46. The quantitative estimate of drug-likeness (QED) is 0.791. The van der Waals surface area contributed by atoms with Gasteiger partial charge in [-0.3, -0.25) is 0 Å². The van der Waals surface area contributed by atoms with E-state index in [0.29, 0.717) is 0 Å². The number of aryl methyl sites for hydroxylation is 1. The van der Waals surface area contributed by atoms with Crippen LogP contribution in [0, 0.1) is 6.92 Å². The zero-order chi connectivity index (χ0) is 9.97. The van der Waals surface area contributed by atoms with Gasteiger partial charge in [0.05, 0.1) is 6.61 Å². The van der Waals surface area contributed by atoms with Crippen molar-refractivity contribution in [2.45, 2.75) is 26.2 Å². The van der Waals surface area contributed by atoms with Gasteiger partial charge in [0.25, 0.3) is 0 Å². The topological polar surface area (TPSA) is 35.2 Å². The molecule has 2 rings (SSSR count). The molecule has 1 aromatic carbocycles. The van der Waals surface area contributed by atoms with Crippen LogP contribution in [0.2, 0.25) is 0 Å². The Balaban J connectivity index is 2.26. The second-order valence-corrected chi connectivity index (χ2v) is 3.82. The zero-order valence-electron chi connectivity index (χ0n) is 8.68. The molecule has 0 unspecified atom stereocenters. The van der Waals surface area contributed by atoms with Crippen LogP contribution in [0.15, 0.2) is 12.1 Å². The van der Waals surface area contributed by atoms with E-state index in [9.17, 15) is 0 Å². The molecule has 0 aliphatic carbocycles. The van der Waals surface area contributed by atoms with Crippen LogP contribution in [0.25, 0.3) is 0 Å². The zero-order valence-corrected chi connectivity index (χ0v) is 8.68. The molecule has 0 fully saturated rings. The fourth-order valence-electron chi connectivity index (χ4n) is 2.05. The van der Waals surface area contributed by atoms with Gasteiger partial charge in [0.2, 0.25) is 0 Å². The number of fused-ring (bicyclic) bond motifs is 1. The highest BCUT2D eigenvalue weighted by atomic mass is 16.5. The van der Waals surface area contributed by atoms with Crippen molar-refractivity contribution >= 4 is 0 Å². The lowest BCUT2D eigenvalue weighted by molar-refractivity contribution is 0.357. The number of nitrogens with two attached hydrogens (primary N) is 1. The van der Waals surface area contributed by atoms with Crippen LogP contribution in [-0.4, -0.2) is 13.2 Å². The Hall–Kier alpha value is -1.02. The molecule has 1 heterocycles. The summed E-state index contributed by atoms with van der Waals surface area (Å²) in [7, 11) is 0. The summed E-state index contributed by atoms with van der Waals surface area (Å²) in [5.41, 5.74) is 9.76. The van der Waals surface area contributed by atoms with Crippen LogP contribution < -0.4 is 10.5 Å². The fraction of sp³-hybridized carbons (Fsp3) is 0.500. The van der Waals surface area contributed by atoms with Crippen LogP contribution in [-0.2, 0) is 12.8 Å². The molecule has 0 radical (unpaired) electrons. The molecule has 76 valence electrons. The van der Waals surface area contributed by atoms with E-state index in [-0.39, 0.29) is 0 Å². The van der Waals surface area contributed by atoms with Gasteiger partial charge >= 0.3 is 0 Å². The van der Waals surface area contributed by atoms with Crippen LogP contribution in [0.4, 0.5) is 0 Å². The lowest BCUT2D eigenvalue weighted by Crippen LogP contribution is -2.02. The van der Waals surface area contributed by atoms with Gasteiger partial charge < -0.3 is 10.5 Å². The van der Waals surface area contributed by atoms with Gasteiger partial charge in [-0.05, 0) is 43.5 Å². The summed E-state index contributed by atoms with van der Waals surface area (Å²) in [5.74, 6) is 1.08. The third-order valence-electron chi connectivity index (χ3n) is 2.93. The number of ether oxygens (including phenoxy) is 1. The van der Waals surface area contributed by atoms with E-state index >= 15 is 0 Å².